The lowest BCUT2D eigenvalue weighted by Crippen LogP contribution is -2.43. The number of carbonyl (C=O) groups is 1. The van der Waals surface area contributed by atoms with Crippen LogP contribution in [0.1, 0.15) is 27.0 Å². The van der Waals surface area contributed by atoms with E-state index < -0.39 is 11.7 Å². The summed E-state index contributed by atoms with van der Waals surface area (Å²) in [5, 5.41) is 5.97. The van der Waals surface area contributed by atoms with Gasteiger partial charge in [0.15, 0.2) is 0 Å². The summed E-state index contributed by atoms with van der Waals surface area (Å²) in [5.74, 6) is -0.137. The van der Waals surface area contributed by atoms with E-state index >= 15 is 0 Å². The van der Waals surface area contributed by atoms with Crippen molar-refractivity contribution in [3.05, 3.63) is 95.4 Å². The molecule has 1 aliphatic rings. The second-order valence-corrected chi connectivity index (χ2v) is 10.1. The first-order valence-electron chi connectivity index (χ1n) is 13.2. The summed E-state index contributed by atoms with van der Waals surface area (Å²) >= 11 is 0. The molecule has 0 spiro atoms. The van der Waals surface area contributed by atoms with Crippen molar-refractivity contribution in [3.63, 3.8) is 0 Å². The maximum Gasteiger partial charge on any atom is 0.417 e. The monoisotopic (exact) mass is 561 g/mol. The van der Waals surface area contributed by atoms with Crippen molar-refractivity contribution in [3.8, 4) is 11.3 Å². The molecular weight excluding hydrogens is 531 g/mol. The Labute approximate surface area is 236 Å². The fourth-order valence-electron chi connectivity index (χ4n) is 4.60. The van der Waals surface area contributed by atoms with Gasteiger partial charge in [0.2, 0.25) is 5.95 Å². The number of likely N-dealkylation sites (N-methyl/N-ethyl adjacent to an activating group) is 1. The number of hydrogen-bond donors (Lipinski definition) is 2. The Balaban J connectivity index is 1.27. The number of rotatable bonds is 7. The molecule has 1 saturated heterocycles. The van der Waals surface area contributed by atoms with Crippen LogP contribution in [0.5, 0.6) is 0 Å². The highest BCUT2D eigenvalue weighted by Gasteiger charge is 2.34. The number of nitrogens with one attached hydrogen (secondary N) is 2. The molecule has 2 aromatic carbocycles. The highest BCUT2D eigenvalue weighted by Crippen LogP contribution is 2.36. The molecule has 212 valence electrons. The van der Waals surface area contributed by atoms with Crippen molar-refractivity contribution in [1.82, 2.24) is 24.8 Å². The van der Waals surface area contributed by atoms with Gasteiger partial charge in [-0.15, -0.1) is 0 Å². The molecule has 0 bridgehead atoms. The summed E-state index contributed by atoms with van der Waals surface area (Å²) in [6.07, 6.45) is -0.939. The first kappa shape index (κ1) is 28.2. The van der Waals surface area contributed by atoms with Gasteiger partial charge < -0.3 is 15.5 Å². The fraction of sp³-hybridized carbons (Fsp3) is 0.267. The van der Waals surface area contributed by atoms with Crippen LogP contribution in [-0.2, 0) is 12.7 Å². The van der Waals surface area contributed by atoms with E-state index in [4.69, 9.17) is 0 Å². The molecule has 0 radical (unpaired) electrons. The van der Waals surface area contributed by atoms with Crippen molar-refractivity contribution in [2.45, 2.75) is 19.6 Å². The van der Waals surface area contributed by atoms with Gasteiger partial charge in [-0.25, -0.2) is 9.97 Å². The minimum absolute atomic E-state index is 0.0844. The summed E-state index contributed by atoms with van der Waals surface area (Å²) in [4.78, 5) is 30.0. The maximum absolute atomic E-state index is 13.5. The number of hydrogen-bond acceptors (Lipinski definition) is 7. The van der Waals surface area contributed by atoms with E-state index in [-0.39, 0.29) is 23.1 Å². The van der Waals surface area contributed by atoms with Crippen molar-refractivity contribution in [2.75, 3.05) is 43.9 Å². The number of aryl methyl sites for hydroxylation is 1. The molecule has 3 heterocycles. The Hall–Kier alpha value is -4.35. The Morgan fingerprint density at radius 2 is 1.73 bits per heavy atom. The lowest BCUT2D eigenvalue weighted by molar-refractivity contribution is -0.137. The average Bonchev–Trinajstić information content (AvgIpc) is 2.96. The van der Waals surface area contributed by atoms with E-state index in [1.54, 1.807) is 12.1 Å². The Morgan fingerprint density at radius 3 is 2.46 bits per heavy atom. The number of pyridine rings is 1. The molecule has 11 heteroatoms. The molecule has 8 nitrogen and oxygen atoms in total. The standard InChI is InChI=1S/C30H30F3N7O/c1-20-3-8-23(36-28(41)22-6-4-21(5-7-22)19-40-15-13-39(2)14-16-40)17-27(20)38-29-35-12-10-26(37-29)24-18-34-11-9-25(24)30(31,32)33/h3-12,17-18H,13-16,19H2,1-2H3,(H,36,41)(H,35,37,38). The topological polar surface area (TPSA) is 86.3 Å². The first-order chi connectivity index (χ1) is 19.7. The minimum Gasteiger partial charge on any atom is -0.324 e. The lowest BCUT2D eigenvalue weighted by atomic mass is 10.1. The molecule has 4 aromatic rings. The third-order valence-corrected chi connectivity index (χ3v) is 7.02. The zero-order chi connectivity index (χ0) is 29.0. The molecule has 1 aliphatic heterocycles. The summed E-state index contributed by atoms with van der Waals surface area (Å²) in [5.41, 5.74) is 2.79. The number of halogens is 3. The smallest absolute Gasteiger partial charge is 0.324 e. The van der Waals surface area contributed by atoms with Gasteiger partial charge in [0.1, 0.15) is 0 Å². The molecule has 5 rings (SSSR count). The van der Waals surface area contributed by atoms with Gasteiger partial charge >= 0.3 is 6.18 Å². The van der Waals surface area contributed by atoms with Gasteiger partial charge in [-0.1, -0.05) is 18.2 Å². The zero-order valence-corrected chi connectivity index (χ0v) is 22.7. The van der Waals surface area contributed by atoms with Crippen molar-refractivity contribution >= 4 is 23.2 Å². The number of anilines is 3. The van der Waals surface area contributed by atoms with Crippen LogP contribution in [0.4, 0.5) is 30.5 Å². The van der Waals surface area contributed by atoms with E-state index in [9.17, 15) is 18.0 Å². The molecule has 2 aromatic heterocycles. The zero-order valence-electron chi connectivity index (χ0n) is 22.7. The van der Waals surface area contributed by atoms with E-state index in [1.165, 1.54) is 12.3 Å². The van der Waals surface area contributed by atoms with Crippen LogP contribution in [0.15, 0.2) is 73.2 Å². The molecule has 1 amide bonds. The van der Waals surface area contributed by atoms with Crippen LogP contribution in [0.3, 0.4) is 0 Å². The molecule has 0 saturated carbocycles. The van der Waals surface area contributed by atoms with Gasteiger partial charge in [0, 0.05) is 73.8 Å². The Morgan fingerprint density at radius 1 is 0.976 bits per heavy atom. The van der Waals surface area contributed by atoms with Crippen molar-refractivity contribution in [1.29, 1.82) is 0 Å². The molecule has 2 N–H and O–H groups in total. The van der Waals surface area contributed by atoms with Crippen LogP contribution in [0.25, 0.3) is 11.3 Å². The summed E-state index contributed by atoms with van der Waals surface area (Å²) in [6.45, 7) is 6.86. The summed E-state index contributed by atoms with van der Waals surface area (Å²) in [6, 6.07) is 15.3. The quantitative estimate of drug-likeness (QED) is 0.303. The molecule has 41 heavy (non-hydrogen) atoms. The fourth-order valence-corrected chi connectivity index (χ4v) is 4.60. The van der Waals surface area contributed by atoms with Gasteiger partial charge in [-0.2, -0.15) is 13.2 Å². The average molecular weight is 562 g/mol. The normalized spacial score (nSPS) is 14.6. The van der Waals surface area contributed by atoms with Crippen molar-refractivity contribution < 1.29 is 18.0 Å². The van der Waals surface area contributed by atoms with E-state index in [0.29, 0.717) is 16.9 Å². The summed E-state index contributed by atoms with van der Waals surface area (Å²) < 4.78 is 40.5. The highest BCUT2D eigenvalue weighted by molar-refractivity contribution is 6.04. The second-order valence-electron chi connectivity index (χ2n) is 10.1. The van der Waals surface area contributed by atoms with Crippen LogP contribution in [-0.4, -0.2) is 63.9 Å². The third-order valence-electron chi connectivity index (χ3n) is 7.02. The number of alkyl halides is 3. The van der Waals surface area contributed by atoms with Gasteiger partial charge in [-0.3, -0.25) is 14.7 Å². The van der Waals surface area contributed by atoms with Crippen molar-refractivity contribution in [2.24, 2.45) is 0 Å². The van der Waals surface area contributed by atoms with Crippen LogP contribution in [0, 0.1) is 6.92 Å². The highest BCUT2D eigenvalue weighted by atomic mass is 19.4. The number of aromatic nitrogens is 3. The number of piperazine rings is 1. The first-order valence-corrected chi connectivity index (χ1v) is 13.2. The van der Waals surface area contributed by atoms with E-state index in [0.717, 1.165) is 62.3 Å². The van der Waals surface area contributed by atoms with E-state index in [2.05, 4.69) is 42.4 Å². The van der Waals surface area contributed by atoms with E-state index in [1.807, 2.05) is 37.3 Å². The summed E-state index contributed by atoms with van der Waals surface area (Å²) in [7, 11) is 2.13. The molecule has 0 aliphatic carbocycles. The molecular formula is C30H30F3N7O. The van der Waals surface area contributed by atoms with Crippen LogP contribution >= 0.6 is 0 Å². The number of benzene rings is 2. The minimum atomic E-state index is -4.55. The van der Waals surface area contributed by atoms with Crippen LogP contribution in [0.2, 0.25) is 0 Å². The van der Waals surface area contributed by atoms with Gasteiger partial charge in [0.05, 0.1) is 11.3 Å². The Kier molecular flexibility index (Phi) is 8.27. The number of amides is 1. The predicted octanol–water partition coefficient (Wildman–Crippen LogP) is 5.61. The molecule has 1 fully saturated rings. The number of nitrogens with zero attached hydrogens (tertiary/aromatic N) is 5. The van der Waals surface area contributed by atoms with Gasteiger partial charge in [0.25, 0.3) is 5.91 Å². The third kappa shape index (κ3) is 7.05. The second kappa shape index (κ2) is 12.0. The molecule has 0 atom stereocenters. The largest absolute Gasteiger partial charge is 0.417 e. The Bertz CT molecular complexity index is 1520. The SMILES string of the molecule is Cc1ccc(NC(=O)c2ccc(CN3CCN(C)CC3)cc2)cc1Nc1nccc(-c2cnccc2C(F)(F)F)n1. The number of carbonyl (C=O) groups excluding carboxylic acids is 1. The van der Waals surface area contributed by atoms with Gasteiger partial charge in [-0.05, 0) is 61.5 Å². The molecule has 0 unspecified atom stereocenters. The van der Waals surface area contributed by atoms with Crippen LogP contribution < -0.4 is 10.6 Å². The predicted molar refractivity (Wildman–Crippen MR) is 152 cm³/mol. The maximum atomic E-state index is 13.5. The lowest BCUT2D eigenvalue weighted by Gasteiger charge is -2.32.